The monoisotopic (exact) mass is 180 g/mol. The topological polar surface area (TPSA) is 17.1 Å². The van der Waals surface area contributed by atoms with E-state index in [9.17, 15) is 4.79 Å². The quantitative estimate of drug-likeness (QED) is 0.651. The Morgan fingerprint density at radius 1 is 1.31 bits per heavy atom. The Morgan fingerprint density at radius 2 is 1.92 bits per heavy atom. The molecule has 74 valence electrons. The molecule has 13 heavy (non-hydrogen) atoms. The SMILES string of the molecule is CCC1=C(CC)C(C(C)C)CC1=O. The van der Waals surface area contributed by atoms with Gasteiger partial charge in [-0.1, -0.05) is 33.3 Å². The average molecular weight is 180 g/mol. The Morgan fingerprint density at radius 3 is 2.31 bits per heavy atom. The van der Waals surface area contributed by atoms with E-state index in [0.717, 1.165) is 24.8 Å². The molecule has 1 heteroatoms. The van der Waals surface area contributed by atoms with Crippen molar-refractivity contribution >= 4 is 5.78 Å². The van der Waals surface area contributed by atoms with Gasteiger partial charge in [0, 0.05) is 6.42 Å². The first-order valence-corrected chi connectivity index (χ1v) is 5.36. The second kappa shape index (κ2) is 4.08. The predicted molar refractivity (Wildman–Crippen MR) is 55.6 cm³/mol. The summed E-state index contributed by atoms with van der Waals surface area (Å²) in [6.45, 7) is 8.68. The summed E-state index contributed by atoms with van der Waals surface area (Å²) in [4.78, 5) is 11.6. The molecule has 0 spiro atoms. The first kappa shape index (κ1) is 10.5. The van der Waals surface area contributed by atoms with Crippen molar-refractivity contribution in [2.45, 2.75) is 47.0 Å². The van der Waals surface area contributed by atoms with Crippen LogP contribution in [0.1, 0.15) is 47.0 Å². The molecule has 0 N–H and O–H groups in total. The lowest BCUT2D eigenvalue weighted by Crippen LogP contribution is -2.08. The van der Waals surface area contributed by atoms with Crippen LogP contribution in [0.3, 0.4) is 0 Å². The summed E-state index contributed by atoms with van der Waals surface area (Å²) < 4.78 is 0. The van der Waals surface area contributed by atoms with Crippen LogP contribution in [-0.2, 0) is 4.79 Å². The molecule has 0 heterocycles. The average Bonchev–Trinajstić information content (AvgIpc) is 2.41. The van der Waals surface area contributed by atoms with Gasteiger partial charge in [0.1, 0.15) is 0 Å². The number of hydrogen-bond donors (Lipinski definition) is 0. The van der Waals surface area contributed by atoms with Gasteiger partial charge in [-0.05, 0) is 30.3 Å². The second-order valence-electron chi connectivity index (χ2n) is 4.19. The van der Waals surface area contributed by atoms with Crippen molar-refractivity contribution in [2.75, 3.05) is 0 Å². The van der Waals surface area contributed by atoms with Crippen LogP contribution in [0.2, 0.25) is 0 Å². The van der Waals surface area contributed by atoms with Gasteiger partial charge in [0.05, 0.1) is 0 Å². The normalized spacial score (nSPS) is 23.5. The third-order valence-electron chi connectivity index (χ3n) is 3.12. The zero-order chi connectivity index (χ0) is 10.0. The van der Waals surface area contributed by atoms with Crippen LogP contribution in [0.5, 0.6) is 0 Å². The Labute approximate surface area is 81.2 Å². The first-order valence-electron chi connectivity index (χ1n) is 5.36. The summed E-state index contributed by atoms with van der Waals surface area (Å²) in [5, 5.41) is 0. The third kappa shape index (κ3) is 1.84. The molecule has 0 amide bonds. The highest BCUT2D eigenvalue weighted by Crippen LogP contribution is 2.37. The molecule has 0 aliphatic heterocycles. The molecule has 1 atom stereocenters. The van der Waals surface area contributed by atoms with Crippen molar-refractivity contribution in [1.82, 2.24) is 0 Å². The maximum atomic E-state index is 11.6. The third-order valence-corrected chi connectivity index (χ3v) is 3.12. The number of ketones is 1. The van der Waals surface area contributed by atoms with E-state index in [1.807, 2.05) is 0 Å². The summed E-state index contributed by atoms with van der Waals surface area (Å²) in [6, 6.07) is 0. The molecular weight excluding hydrogens is 160 g/mol. The van der Waals surface area contributed by atoms with Crippen LogP contribution < -0.4 is 0 Å². The number of carbonyl (C=O) groups excluding carboxylic acids is 1. The highest BCUT2D eigenvalue weighted by atomic mass is 16.1. The van der Waals surface area contributed by atoms with Crippen molar-refractivity contribution < 1.29 is 4.79 Å². The van der Waals surface area contributed by atoms with Crippen LogP contribution in [0, 0.1) is 11.8 Å². The van der Waals surface area contributed by atoms with Crippen molar-refractivity contribution in [3.05, 3.63) is 11.1 Å². The second-order valence-corrected chi connectivity index (χ2v) is 4.19. The van der Waals surface area contributed by atoms with Crippen LogP contribution in [0.15, 0.2) is 11.1 Å². The van der Waals surface area contributed by atoms with E-state index in [4.69, 9.17) is 0 Å². The zero-order valence-electron chi connectivity index (χ0n) is 9.18. The molecule has 0 saturated carbocycles. The lowest BCUT2D eigenvalue weighted by atomic mass is 9.88. The molecule has 0 aromatic heterocycles. The molecule has 0 aromatic rings. The summed E-state index contributed by atoms with van der Waals surface area (Å²) in [7, 11) is 0. The van der Waals surface area contributed by atoms with E-state index >= 15 is 0 Å². The Kier molecular flexibility index (Phi) is 3.29. The van der Waals surface area contributed by atoms with Crippen LogP contribution in [-0.4, -0.2) is 5.78 Å². The number of Topliss-reactive ketones (excluding diaryl/α,β-unsaturated/α-hetero) is 1. The van der Waals surface area contributed by atoms with E-state index in [1.165, 1.54) is 5.57 Å². The molecule has 0 aromatic carbocycles. The number of allylic oxidation sites excluding steroid dienone is 2. The van der Waals surface area contributed by atoms with E-state index in [1.54, 1.807) is 0 Å². The molecule has 1 aliphatic carbocycles. The first-order chi connectivity index (χ1) is 6.11. The van der Waals surface area contributed by atoms with E-state index in [2.05, 4.69) is 27.7 Å². The Hall–Kier alpha value is -0.590. The summed E-state index contributed by atoms with van der Waals surface area (Å²) in [5.41, 5.74) is 2.56. The minimum Gasteiger partial charge on any atom is -0.295 e. The Bertz CT molecular complexity index is 236. The van der Waals surface area contributed by atoms with Crippen molar-refractivity contribution in [1.29, 1.82) is 0 Å². The zero-order valence-corrected chi connectivity index (χ0v) is 9.18. The van der Waals surface area contributed by atoms with Gasteiger partial charge in [-0.25, -0.2) is 0 Å². The number of rotatable bonds is 3. The Balaban J connectivity index is 2.95. The minimum atomic E-state index is 0.401. The van der Waals surface area contributed by atoms with E-state index in [-0.39, 0.29) is 0 Å². The lowest BCUT2D eigenvalue weighted by molar-refractivity contribution is -0.115. The van der Waals surface area contributed by atoms with Gasteiger partial charge < -0.3 is 0 Å². The van der Waals surface area contributed by atoms with Crippen LogP contribution in [0.4, 0.5) is 0 Å². The molecular formula is C12H20O. The molecule has 0 fully saturated rings. The number of hydrogen-bond acceptors (Lipinski definition) is 1. The van der Waals surface area contributed by atoms with Crippen LogP contribution in [0.25, 0.3) is 0 Å². The fraction of sp³-hybridized carbons (Fsp3) is 0.750. The van der Waals surface area contributed by atoms with Crippen LogP contribution >= 0.6 is 0 Å². The smallest absolute Gasteiger partial charge is 0.159 e. The van der Waals surface area contributed by atoms with Gasteiger partial charge in [-0.15, -0.1) is 0 Å². The minimum absolute atomic E-state index is 0.401. The molecule has 1 rings (SSSR count). The lowest BCUT2D eigenvalue weighted by Gasteiger charge is -2.17. The van der Waals surface area contributed by atoms with Gasteiger partial charge in [-0.2, -0.15) is 0 Å². The number of carbonyl (C=O) groups is 1. The molecule has 1 aliphatic rings. The van der Waals surface area contributed by atoms with Crippen molar-refractivity contribution in [2.24, 2.45) is 11.8 Å². The highest BCUT2D eigenvalue weighted by molar-refractivity contribution is 5.99. The van der Waals surface area contributed by atoms with Gasteiger partial charge in [0.2, 0.25) is 0 Å². The highest BCUT2D eigenvalue weighted by Gasteiger charge is 2.31. The van der Waals surface area contributed by atoms with E-state index in [0.29, 0.717) is 17.6 Å². The molecule has 1 nitrogen and oxygen atoms in total. The molecule has 0 bridgehead atoms. The predicted octanol–water partition coefficient (Wildman–Crippen LogP) is 3.35. The van der Waals surface area contributed by atoms with Gasteiger partial charge in [-0.3, -0.25) is 4.79 Å². The fourth-order valence-electron chi connectivity index (χ4n) is 2.39. The van der Waals surface area contributed by atoms with Crippen molar-refractivity contribution in [3.8, 4) is 0 Å². The standard InChI is InChI=1S/C12H20O/c1-5-9-10(6-2)12(13)7-11(9)8(3)4/h8,11H,5-7H2,1-4H3. The largest absolute Gasteiger partial charge is 0.295 e. The molecule has 0 radical (unpaired) electrons. The van der Waals surface area contributed by atoms with Gasteiger partial charge >= 0.3 is 0 Å². The fourth-order valence-corrected chi connectivity index (χ4v) is 2.39. The van der Waals surface area contributed by atoms with E-state index < -0.39 is 0 Å². The maximum Gasteiger partial charge on any atom is 0.159 e. The summed E-state index contributed by atoms with van der Waals surface area (Å²) in [5.74, 6) is 1.55. The summed E-state index contributed by atoms with van der Waals surface area (Å²) >= 11 is 0. The summed E-state index contributed by atoms with van der Waals surface area (Å²) in [6.07, 6.45) is 2.74. The molecule has 0 saturated heterocycles. The van der Waals surface area contributed by atoms with Crippen molar-refractivity contribution in [3.63, 3.8) is 0 Å². The molecule has 1 unspecified atom stereocenters. The van der Waals surface area contributed by atoms with Gasteiger partial charge in [0.15, 0.2) is 5.78 Å². The maximum absolute atomic E-state index is 11.6. The van der Waals surface area contributed by atoms with Gasteiger partial charge in [0.25, 0.3) is 0 Å².